The second-order valence-electron chi connectivity index (χ2n) is 7.42. The topological polar surface area (TPSA) is 81.5 Å². The van der Waals surface area contributed by atoms with Gasteiger partial charge in [0.05, 0.1) is 34.1 Å². The van der Waals surface area contributed by atoms with E-state index in [1.165, 1.54) is 0 Å². The van der Waals surface area contributed by atoms with E-state index in [1.807, 2.05) is 19.1 Å². The molecule has 28 heavy (non-hydrogen) atoms. The van der Waals surface area contributed by atoms with Crippen molar-refractivity contribution in [2.75, 3.05) is 0 Å². The number of nitrogens with zero attached hydrogens (tertiary/aromatic N) is 2. The molecule has 3 aliphatic rings. The lowest BCUT2D eigenvalue weighted by Gasteiger charge is -2.19. The van der Waals surface area contributed by atoms with Gasteiger partial charge in [-0.15, -0.1) is 0 Å². The van der Waals surface area contributed by atoms with Gasteiger partial charge in [-0.2, -0.15) is 0 Å². The molecule has 2 bridgehead atoms. The minimum atomic E-state index is -0.252. The summed E-state index contributed by atoms with van der Waals surface area (Å²) in [6.45, 7) is 2.03. The molecule has 0 spiro atoms. The van der Waals surface area contributed by atoms with Gasteiger partial charge < -0.3 is 14.6 Å². The molecule has 6 nitrogen and oxygen atoms in total. The Bertz CT molecular complexity index is 988. The Hall–Kier alpha value is -2.25. The third-order valence-electron chi connectivity index (χ3n) is 5.93. The molecule has 1 aromatic carbocycles. The summed E-state index contributed by atoms with van der Waals surface area (Å²) in [5, 5.41) is 10.9. The number of hydrogen-bond donors (Lipinski definition) is 1. The van der Waals surface area contributed by atoms with Crippen LogP contribution < -0.4 is 4.74 Å². The van der Waals surface area contributed by atoms with Crippen LogP contribution in [0.3, 0.4) is 0 Å². The number of rotatable bonds is 4. The molecule has 0 unspecified atom stereocenters. The molecular formula is C21H19BrN2O4. The van der Waals surface area contributed by atoms with Crippen molar-refractivity contribution in [2.45, 2.75) is 38.4 Å². The van der Waals surface area contributed by atoms with E-state index < -0.39 is 0 Å². The largest absolute Gasteiger partial charge is 0.511 e. The first-order valence-electron chi connectivity index (χ1n) is 9.48. The van der Waals surface area contributed by atoms with Crippen molar-refractivity contribution < 1.29 is 19.4 Å². The fourth-order valence-corrected chi connectivity index (χ4v) is 4.91. The number of aliphatic hydroxyl groups is 1. The number of benzene rings is 1. The highest BCUT2D eigenvalue weighted by Gasteiger charge is 2.59. The predicted octanol–water partition coefficient (Wildman–Crippen LogP) is 4.24. The van der Waals surface area contributed by atoms with Gasteiger partial charge in [-0.3, -0.25) is 4.79 Å². The first kappa shape index (κ1) is 17.8. The number of Topliss-reactive ketones (excluding diaryl/α,β-unsaturated/α-hetero) is 1. The molecule has 2 fully saturated rings. The molecule has 2 aliphatic heterocycles. The summed E-state index contributed by atoms with van der Waals surface area (Å²) in [5.41, 5.74) is 2.15. The molecule has 1 aliphatic carbocycles. The first-order valence-corrected chi connectivity index (χ1v) is 10.3. The van der Waals surface area contributed by atoms with Gasteiger partial charge in [0.2, 0.25) is 0 Å². The van der Waals surface area contributed by atoms with E-state index in [-0.39, 0.29) is 41.6 Å². The van der Waals surface area contributed by atoms with E-state index in [0.717, 1.165) is 34.9 Å². The van der Waals surface area contributed by atoms with Crippen LogP contribution in [0.4, 0.5) is 0 Å². The van der Waals surface area contributed by atoms with Gasteiger partial charge in [0, 0.05) is 12.4 Å². The monoisotopic (exact) mass is 442 g/mol. The average molecular weight is 443 g/mol. The summed E-state index contributed by atoms with van der Waals surface area (Å²) in [4.78, 5) is 21.4. The summed E-state index contributed by atoms with van der Waals surface area (Å²) < 4.78 is 12.4. The SMILES string of the molecule is CCc1ccc(Oc2ncc(Br)cn2)cc1C1=C(O)[C@H]2[C@@H](C1=O)[C@@H]1CC[C@H]2O1. The van der Waals surface area contributed by atoms with Crippen LogP contribution in [0.1, 0.15) is 30.9 Å². The average Bonchev–Trinajstić information content (AvgIpc) is 3.37. The number of ether oxygens (including phenoxy) is 2. The van der Waals surface area contributed by atoms with E-state index >= 15 is 0 Å². The number of aryl methyl sites for hydroxylation is 1. The van der Waals surface area contributed by atoms with Crippen LogP contribution in [0.5, 0.6) is 11.8 Å². The summed E-state index contributed by atoms with van der Waals surface area (Å²) >= 11 is 3.30. The van der Waals surface area contributed by atoms with Gasteiger partial charge in [-0.25, -0.2) is 9.97 Å². The highest BCUT2D eigenvalue weighted by Crippen LogP contribution is 2.54. The molecule has 0 amide bonds. The maximum absolute atomic E-state index is 13.2. The van der Waals surface area contributed by atoms with Gasteiger partial charge in [0.1, 0.15) is 11.5 Å². The lowest BCUT2D eigenvalue weighted by Crippen LogP contribution is -2.29. The number of allylic oxidation sites excluding steroid dienone is 1. The van der Waals surface area contributed by atoms with Crippen molar-refractivity contribution in [3.8, 4) is 11.8 Å². The molecule has 5 rings (SSSR count). The first-order chi connectivity index (χ1) is 13.6. The molecule has 144 valence electrons. The fraction of sp³-hybridized carbons (Fsp3) is 0.381. The van der Waals surface area contributed by atoms with Crippen molar-refractivity contribution in [3.05, 3.63) is 52.0 Å². The van der Waals surface area contributed by atoms with Crippen LogP contribution in [0.25, 0.3) is 5.57 Å². The number of aromatic nitrogens is 2. The lowest BCUT2D eigenvalue weighted by atomic mass is 9.80. The minimum absolute atomic E-state index is 0.0126. The molecule has 3 heterocycles. The molecule has 7 heteroatoms. The quantitative estimate of drug-likeness (QED) is 0.762. The highest BCUT2D eigenvalue weighted by molar-refractivity contribution is 9.10. The van der Waals surface area contributed by atoms with Gasteiger partial charge in [0.15, 0.2) is 5.78 Å². The Morgan fingerprint density at radius 1 is 1.21 bits per heavy atom. The van der Waals surface area contributed by atoms with Crippen LogP contribution in [-0.2, 0) is 16.0 Å². The van der Waals surface area contributed by atoms with Gasteiger partial charge >= 0.3 is 6.01 Å². The van der Waals surface area contributed by atoms with E-state index in [0.29, 0.717) is 11.3 Å². The Morgan fingerprint density at radius 3 is 2.61 bits per heavy atom. The van der Waals surface area contributed by atoms with E-state index in [2.05, 4.69) is 25.9 Å². The number of ketones is 1. The molecule has 1 N–H and O–H groups in total. The third-order valence-corrected chi connectivity index (χ3v) is 6.34. The van der Waals surface area contributed by atoms with Gasteiger partial charge in [-0.1, -0.05) is 13.0 Å². The van der Waals surface area contributed by atoms with Crippen molar-refractivity contribution in [3.63, 3.8) is 0 Å². The molecule has 0 radical (unpaired) electrons. The number of aliphatic hydroxyl groups excluding tert-OH is 1. The van der Waals surface area contributed by atoms with Gasteiger partial charge in [0.25, 0.3) is 0 Å². The van der Waals surface area contributed by atoms with Gasteiger partial charge in [-0.05, 0) is 58.5 Å². The minimum Gasteiger partial charge on any atom is -0.511 e. The molecule has 2 saturated heterocycles. The van der Waals surface area contributed by atoms with E-state index in [1.54, 1.807) is 18.5 Å². The number of carbonyl (C=O) groups is 1. The Labute approximate surface area is 170 Å². The molecule has 4 atom stereocenters. The number of carbonyl (C=O) groups excluding carboxylic acids is 1. The maximum atomic E-state index is 13.2. The van der Waals surface area contributed by atoms with Crippen molar-refractivity contribution in [1.29, 1.82) is 0 Å². The number of fused-ring (bicyclic) bond motifs is 5. The lowest BCUT2D eigenvalue weighted by molar-refractivity contribution is -0.118. The zero-order chi connectivity index (χ0) is 19.4. The van der Waals surface area contributed by atoms with E-state index in [4.69, 9.17) is 9.47 Å². The summed E-state index contributed by atoms with van der Waals surface area (Å²) in [7, 11) is 0. The van der Waals surface area contributed by atoms with Crippen LogP contribution in [0.15, 0.2) is 40.8 Å². The van der Waals surface area contributed by atoms with Crippen molar-refractivity contribution >= 4 is 27.3 Å². The molecule has 1 aromatic heterocycles. The standard InChI is InChI=1S/C21H19BrN2O4/c1-2-10-3-4-12(27-21-23-8-11(22)9-24-21)7-13(10)16-19(25)17-14-5-6-15(28-14)18(17)20(16)26/h3-4,7-9,14-15,17-18,25H,2,5-6H2,1H3/t14-,15+,17-,18+/m1/s1. The Kier molecular flexibility index (Phi) is 4.25. The van der Waals surface area contributed by atoms with Crippen LogP contribution in [-0.4, -0.2) is 33.1 Å². The zero-order valence-corrected chi connectivity index (χ0v) is 16.8. The highest BCUT2D eigenvalue weighted by atomic mass is 79.9. The Balaban J connectivity index is 1.53. The third kappa shape index (κ3) is 2.68. The van der Waals surface area contributed by atoms with Crippen LogP contribution in [0.2, 0.25) is 0 Å². The maximum Gasteiger partial charge on any atom is 0.321 e. The predicted molar refractivity (Wildman–Crippen MR) is 105 cm³/mol. The normalized spacial score (nSPS) is 28.1. The van der Waals surface area contributed by atoms with Crippen LogP contribution >= 0.6 is 15.9 Å². The van der Waals surface area contributed by atoms with Crippen molar-refractivity contribution in [2.24, 2.45) is 11.8 Å². The molecular weight excluding hydrogens is 424 g/mol. The summed E-state index contributed by atoms with van der Waals surface area (Å²) in [6.07, 6.45) is 5.64. The number of halogens is 1. The second-order valence-corrected chi connectivity index (χ2v) is 8.34. The molecule has 0 saturated carbocycles. The smallest absolute Gasteiger partial charge is 0.321 e. The zero-order valence-electron chi connectivity index (χ0n) is 15.3. The Morgan fingerprint density at radius 2 is 1.93 bits per heavy atom. The molecule has 2 aromatic rings. The number of hydrogen-bond acceptors (Lipinski definition) is 6. The van der Waals surface area contributed by atoms with Crippen molar-refractivity contribution in [1.82, 2.24) is 9.97 Å². The van der Waals surface area contributed by atoms with E-state index in [9.17, 15) is 9.90 Å². The second kappa shape index (κ2) is 6.67. The fourth-order valence-electron chi connectivity index (χ4n) is 4.71. The summed E-state index contributed by atoms with van der Waals surface area (Å²) in [6, 6.07) is 5.78. The summed E-state index contributed by atoms with van der Waals surface area (Å²) in [5.74, 6) is 0.234. The van der Waals surface area contributed by atoms with Crippen LogP contribution in [0, 0.1) is 11.8 Å².